The van der Waals surface area contributed by atoms with Crippen molar-refractivity contribution >= 4 is 5.91 Å². The Bertz CT molecular complexity index is 189. The number of rotatable bonds is 6. The van der Waals surface area contributed by atoms with E-state index in [1.165, 1.54) is 12.8 Å². The monoisotopic (exact) mass is 228 g/mol. The zero-order chi connectivity index (χ0) is 11.6. The van der Waals surface area contributed by atoms with E-state index in [9.17, 15) is 4.79 Å². The van der Waals surface area contributed by atoms with Gasteiger partial charge in [0.2, 0.25) is 5.91 Å². The lowest BCUT2D eigenvalue weighted by atomic mass is 10.2. The third-order valence-electron chi connectivity index (χ3n) is 2.86. The molecule has 0 aromatic rings. The van der Waals surface area contributed by atoms with Gasteiger partial charge in [-0.15, -0.1) is 0 Å². The Morgan fingerprint density at radius 3 is 2.56 bits per heavy atom. The lowest BCUT2D eigenvalue weighted by Crippen LogP contribution is -2.35. The van der Waals surface area contributed by atoms with Crippen molar-refractivity contribution in [2.75, 3.05) is 39.4 Å². The zero-order valence-electron chi connectivity index (χ0n) is 10.3. The minimum Gasteiger partial charge on any atom is -0.370 e. The van der Waals surface area contributed by atoms with Crippen LogP contribution in [-0.4, -0.2) is 50.2 Å². The second-order valence-electron chi connectivity index (χ2n) is 4.20. The first-order valence-corrected chi connectivity index (χ1v) is 6.41. The first-order valence-electron chi connectivity index (χ1n) is 6.41. The van der Waals surface area contributed by atoms with Gasteiger partial charge in [-0.05, 0) is 19.4 Å². The number of hydrogen-bond donors (Lipinski definition) is 1. The third-order valence-corrected chi connectivity index (χ3v) is 2.86. The fraction of sp³-hybridized carbons (Fsp3) is 0.917. The van der Waals surface area contributed by atoms with Crippen LogP contribution in [0.1, 0.15) is 32.6 Å². The molecule has 0 aliphatic carbocycles. The van der Waals surface area contributed by atoms with Crippen LogP contribution in [0.3, 0.4) is 0 Å². The molecule has 94 valence electrons. The van der Waals surface area contributed by atoms with E-state index < -0.39 is 0 Å². The van der Waals surface area contributed by atoms with E-state index in [4.69, 9.17) is 4.74 Å². The van der Waals surface area contributed by atoms with Gasteiger partial charge in [0.25, 0.3) is 0 Å². The van der Waals surface area contributed by atoms with Crippen molar-refractivity contribution in [3.05, 3.63) is 0 Å². The highest BCUT2D eigenvalue weighted by atomic mass is 16.5. The van der Waals surface area contributed by atoms with Crippen LogP contribution in [-0.2, 0) is 9.53 Å². The summed E-state index contributed by atoms with van der Waals surface area (Å²) < 4.78 is 5.34. The maximum absolute atomic E-state index is 11.8. The Balaban J connectivity index is 2.08. The molecule has 1 heterocycles. The predicted molar refractivity (Wildman–Crippen MR) is 64.4 cm³/mol. The molecule has 0 unspecified atom stereocenters. The van der Waals surface area contributed by atoms with Gasteiger partial charge in [0.05, 0.1) is 6.61 Å². The van der Waals surface area contributed by atoms with Crippen molar-refractivity contribution < 1.29 is 9.53 Å². The molecule has 1 aliphatic rings. The van der Waals surface area contributed by atoms with Crippen LogP contribution in [0, 0.1) is 0 Å². The highest BCUT2D eigenvalue weighted by Crippen LogP contribution is 2.09. The first-order chi connectivity index (χ1) is 7.84. The van der Waals surface area contributed by atoms with Crippen LogP contribution in [0.4, 0.5) is 0 Å². The molecule has 1 fully saturated rings. The summed E-state index contributed by atoms with van der Waals surface area (Å²) in [6, 6.07) is 0. The van der Waals surface area contributed by atoms with Crippen LogP contribution >= 0.6 is 0 Å². The summed E-state index contributed by atoms with van der Waals surface area (Å²) in [5.41, 5.74) is 0. The Hall–Kier alpha value is -0.610. The number of likely N-dealkylation sites (N-methyl/N-ethyl adjacent to an activating group) is 1. The minimum atomic E-state index is 0.151. The predicted octanol–water partition coefficient (Wildman–Crippen LogP) is 1.02. The molecule has 1 saturated heterocycles. The van der Waals surface area contributed by atoms with E-state index in [0.717, 1.165) is 39.0 Å². The molecular weight excluding hydrogens is 204 g/mol. The van der Waals surface area contributed by atoms with Crippen molar-refractivity contribution in [2.45, 2.75) is 32.6 Å². The highest BCUT2D eigenvalue weighted by molar-refractivity contribution is 5.77. The number of carbonyl (C=O) groups excluding carboxylic acids is 1. The number of hydrogen-bond acceptors (Lipinski definition) is 3. The fourth-order valence-corrected chi connectivity index (χ4v) is 1.89. The van der Waals surface area contributed by atoms with Crippen LogP contribution in [0.5, 0.6) is 0 Å². The van der Waals surface area contributed by atoms with Gasteiger partial charge >= 0.3 is 0 Å². The number of carbonyl (C=O) groups is 1. The smallest absolute Gasteiger partial charge is 0.248 e. The van der Waals surface area contributed by atoms with Gasteiger partial charge in [-0.1, -0.05) is 19.8 Å². The summed E-state index contributed by atoms with van der Waals surface area (Å²) in [6.07, 6.45) is 4.79. The lowest BCUT2D eigenvalue weighted by Gasteiger charge is -2.20. The quantitative estimate of drug-likeness (QED) is 0.690. The number of nitrogens with one attached hydrogen (secondary N) is 1. The van der Waals surface area contributed by atoms with E-state index in [0.29, 0.717) is 6.61 Å². The Morgan fingerprint density at radius 2 is 1.94 bits per heavy atom. The molecule has 1 aliphatic heterocycles. The van der Waals surface area contributed by atoms with E-state index in [-0.39, 0.29) is 12.5 Å². The lowest BCUT2D eigenvalue weighted by molar-refractivity contribution is -0.136. The molecule has 0 aromatic heterocycles. The van der Waals surface area contributed by atoms with Crippen molar-refractivity contribution in [3.8, 4) is 0 Å². The van der Waals surface area contributed by atoms with Gasteiger partial charge in [-0.2, -0.15) is 0 Å². The van der Waals surface area contributed by atoms with Gasteiger partial charge in [-0.3, -0.25) is 4.79 Å². The molecule has 0 atom stereocenters. The van der Waals surface area contributed by atoms with E-state index in [1.54, 1.807) is 0 Å². The van der Waals surface area contributed by atoms with Gasteiger partial charge in [0.1, 0.15) is 6.61 Å². The first kappa shape index (κ1) is 13.5. The largest absolute Gasteiger partial charge is 0.370 e. The molecule has 0 bridgehead atoms. The summed E-state index contributed by atoms with van der Waals surface area (Å²) in [7, 11) is 0. The molecule has 4 heteroatoms. The molecule has 1 rings (SSSR count). The third kappa shape index (κ3) is 5.47. The maximum atomic E-state index is 11.8. The summed E-state index contributed by atoms with van der Waals surface area (Å²) in [5, 5.41) is 3.16. The summed E-state index contributed by atoms with van der Waals surface area (Å²) in [5.74, 6) is 0.151. The SMILES string of the molecule is CCNCCOCC(=O)N1CCCCCC1. The summed E-state index contributed by atoms with van der Waals surface area (Å²) >= 11 is 0. The van der Waals surface area contributed by atoms with Crippen LogP contribution in [0.2, 0.25) is 0 Å². The molecule has 1 amide bonds. The summed E-state index contributed by atoms with van der Waals surface area (Å²) in [4.78, 5) is 13.7. The molecule has 0 aromatic carbocycles. The van der Waals surface area contributed by atoms with Crippen molar-refractivity contribution in [2.24, 2.45) is 0 Å². The Morgan fingerprint density at radius 1 is 1.25 bits per heavy atom. The average Bonchev–Trinajstić information content (AvgIpc) is 2.57. The standard InChI is InChI=1S/C12H24N2O2/c1-2-13-7-10-16-11-12(15)14-8-5-3-4-6-9-14/h13H,2-11H2,1H3. The van der Waals surface area contributed by atoms with Crippen molar-refractivity contribution in [1.82, 2.24) is 10.2 Å². The van der Waals surface area contributed by atoms with Crippen LogP contribution in [0.15, 0.2) is 0 Å². The Labute approximate surface area is 98.3 Å². The van der Waals surface area contributed by atoms with E-state index in [1.807, 2.05) is 4.90 Å². The van der Waals surface area contributed by atoms with Gasteiger partial charge in [0.15, 0.2) is 0 Å². The fourth-order valence-electron chi connectivity index (χ4n) is 1.89. The van der Waals surface area contributed by atoms with E-state index >= 15 is 0 Å². The topological polar surface area (TPSA) is 41.6 Å². The maximum Gasteiger partial charge on any atom is 0.248 e. The number of ether oxygens (including phenoxy) is 1. The molecule has 1 N–H and O–H groups in total. The van der Waals surface area contributed by atoms with Crippen LogP contribution < -0.4 is 5.32 Å². The normalized spacial score (nSPS) is 17.2. The van der Waals surface area contributed by atoms with Crippen molar-refractivity contribution in [1.29, 1.82) is 0 Å². The molecule has 4 nitrogen and oxygen atoms in total. The van der Waals surface area contributed by atoms with Gasteiger partial charge in [-0.25, -0.2) is 0 Å². The van der Waals surface area contributed by atoms with Crippen molar-refractivity contribution in [3.63, 3.8) is 0 Å². The number of likely N-dealkylation sites (tertiary alicyclic amines) is 1. The summed E-state index contributed by atoms with van der Waals surface area (Å²) in [6.45, 7) is 6.51. The molecular formula is C12H24N2O2. The van der Waals surface area contributed by atoms with E-state index in [2.05, 4.69) is 12.2 Å². The Kier molecular flexibility index (Phi) is 7.17. The molecule has 0 radical (unpaired) electrons. The van der Waals surface area contributed by atoms with Crippen LogP contribution in [0.25, 0.3) is 0 Å². The highest BCUT2D eigenvalue weighted by Gasteiger charge is 2.14. The number of nitrogens with zero attached hydrogens (tertiary/aromatic N) is 1. The molecule has 0 saturated carbocycles. The number of amides is 1. The minimum absolute atomic E-state index is 0.151. The average molecular weight is 228 g/mol. The second kappa shape index (κ2) is 8.53. The second-order valence-corrected chi connectivity index (χ2v) is 4.20. The zero-order valence-corrected chi connectivity index (χ0v) is 10.3. The van der Waals surface area contributed by atoms with Gasteiger partial charge < -0.3 is 15.0 Å². The van der Waals surface area contributed by atoms with Gasteiger partial charge in [0, 0.05) is 19.6 Å². The molecule has 0 spiro atoms. The molecule has 16 heavy (non-hydrogen) atoms.